The lowest BCUT2D eigenvalue weighted by atomic mass is 10.1. The van der Waals surface area contributed by atoms with Crippen molar-refractivity contribution in [2.45, 2.75) is 30.4 Å². The fraction of sp³-hybridized carbons (Fsp3) is 0.222. The minimum absolute atomic E-state index is 0.128. The summed E-state index contributed by atoms with van der Waals surface area (Å²) in [5.74, 6) is 0.834. The van der Waals surface area contributed by atoms with Crippen molar-refractivity contribution >= 4 is 23.2 Å². The molecule has 0 saturated carbocycles. The molecule has 2 heterocycles. The number of carbonyl (C=O) groups is 1. The SMILES string of the molecule is CC(=O)C(C)(C)Sc1ccc2nnc(-c3ccc(C#N)cc3)n2c1. The van der Waals surface area contributed by atoms with E-state index in [0.717, 1.165) is 16.1 Å². The number of Topliss-reactive ketones (excluding diaryl/α,β-unsaturated/α-hetero) is 1. The molecule has 3 aromatic rings. The highest BCUT2D eigenvalue weighted by Gasteiger charge is 2.25. The number of nitriles is 1. The summed E-state index contributed by atoms with van der Waals surface area (Å²) in [4.78, 5) is 12.7. The number of aromatic nitrogens is 3. The number of rotatable bonds is 4. The van der Waals surface area contributed by atoms with Crippen LogP contribution in [0.4, 0.5) is 0 Å². The van der Waals surface area contributed by atoms with Crippen molar-refractivity contribution in [1.29, 1.82) is 5.26 Å². The molecule has 0 unspecified atom stereocenters. The van der Waals surface area contributed by atoms with Gasteiger partial charge in [-0.1, -0.05) is 0 Å². The maximum absolute atomic E-state index is 11.8. The van der Waals surface area contributed by atoms with Crippen LogP contribution in [-0.2, 0) is 4.79 Å². The molecule has 0 saturated heterocycles. The summed E-state index contributed by atoms with van der Waals surface area (Å²) in [5.41, 5.74) is 2.22. The fourth-order valence-corrected chi connectivity index (χ4v) is 3.22. The lowest BCUT2D eigenvalue weighted by Crippen LogP contribution is -2.24. The molecule has 0 N–H and O–H groups in total. The maximum atomic E-state index is 11.8. The third kappa shape index (κ3) is 3.03. The van der Waals surface area contributed by atoms with Gasteiger partial charge >= 0.3 is 0 Å². The van der Waals surface area contributed by atoms with Crippen LogP contribution in [-0.4, -0.2) is 25.1 Å². The first-order valence-electron chi connectivity index (χ1n) is 7.46. The first-order chi connectivity index (χ1) is 11.4. The molecule has 6 heteroatoms. The number of hydrogen-bond donors (Lipinski definition) is 0. The highest BCUT2D eigenvalue weighted by Crippen LogP contribution is 2.33. The van der Waals surface area contributed by atoms with Gasteiger partial charge in [0.15, 0.2) is 11.5 Å². The van der Waals surface area contributed by atoms with Crippen molar-refractivity contribution in [3.8, 4) is 17.5 Å². The van der Waals surface area contributed by atoms with E-state index in [2.05, 4.69) is 16.3 Å². The summed E-state index contributed by atoms with van der Waals surface area (Å²) in [5, 5.41) is 17.3. The monoisotopic (exact) mass is 336 g/mol. The molecule has 0 aliphatic carbocycles. The van der Waals surface area contributed by atoms with E-state index >= 15 is 0 Å². The smallest absolute Gasteiger partial charge is 0.168 e. The Morgan fingerprint density at radius 1 is 1.17 bits per heavy atom. The summed E-state index contributed by atoms with van der Waals surface area (Å²) in [6.45, 7) is 5.43. The van der Waals surface area contributed by atoms with E-state index in [1.807, 2.05) is 48.7 Å². The predicted molar refractivity (Wildman–Crippen MR) is 93.8 cm³/mol. The van der Waals surface area contributed by atoms with Crippen molar-refractivity contribution < 1.29 is 4.79 Å². The number of ketones is 1. The molecule has 0 radical (unpaired) electrons. The number of fused-ring (bicyclic) bond motifs is 1. The number of benzene rings is 1. The van der Waals surface area contributed by atoms with Crippen molar-refractivity contribution in [3.63, 3.8) is 0 Å². The van der Waals surface area contributed by atoms with Crippen LogP contribution in [0.1, 0.15) is 26.3 Å². The van der Waals surface area contributed by atoms with Gasteiger partial charge in [0.05, 0.1) is 16.4 Å². The second kappa shape index (κ2) is 6.10. The molecule has 0 bridgehead atoms. The zero-order chi connectivity index (χ0) is 17.3. The van der Waals surface area contributed by atoms with Crippen molar-refractivity contribution in [3.05, 3.63) is 48.2 Å². The summed E-state index contributed by atoms with van der Waals surface area (Å²) >= 11 is 1.51. The van der Waals surface area contributed by atoms with Crippen LogP contribution in [0.3, 0.4) is 0 Å². The average molecular weight is 336 g/mol. The fourth-order valence-electron chi connectivity index (χ4n) is 2.19. The van der Waals surface area contributed by atoms with Crippen molar-refractivity contribution in [2.24, 2.45) is 0 Å². The normalized spacial score (nSPS) is 11.4. The molecule has 0 spiro atoms. The van der Waals surface area contributed by atoms with Gasteiger partial charge in [0.25, 0.3) is 0 Å². The van der Waals surface area contributed by atoms with Crippen LogP contribution in [0, 0.1) is 11.3 Å². The predicted octanol–water partition coefficient (Wildman–Crippen LogP) is 3.73. The Kier molecular flexibility index (Phi) is 4.12. The van der Waals surface area contributed by atoms with E-state index in [0.29, 0.717) is 11.4 Å². The molecule has 0 atom stereocenters. The highest BCUT2D eigenvalue weighted by atomic mass is 32.2. The molecule has 120 valence electrons. The molecule has 5 nitrogen and oxygen atoms in total. The molecule has 1 aromatic carbocycles. The van der Waals surface area contributed by atoms with Gasteiger partial charge < -0.3 is 0 Å². The van der Waals surface area contributed by atoms with Crippen molar-refractivity contribution in [1.82, 2.24) is 14.6 Å². The summed E-state index contributed by atoms with van der Waals surface area (Å²) in [6, 6.07) is 13.2. The van der Waals surface area contributed by atoms with Gasteiger partial charge in [0, 0.05) is 16.7 Å². The minimum Gasteiger partial charge on any atom is -0.298 e. The Labute approximate surface area is 144 Å². The first-order valence-corrected chi connectivity index (χ1v) is 8.28. The first kappa shape index (κ1) is 16.2. The van der Waals surface area contributed by atoms with E-state index in [1.54, 1.807) is 19.1 Å². The van der Waals surface area contributed by atoms with E-state index in [9.17, 15) is 4.79 Å². The topological polar surface area (TPSA) is 71.0 Å². The molecular formula is C18H16N4OS. The molecule has 3 rings (SSSR count). The molecule has 0 aliphatic heterocycles. The van der Waals surface area contributed by atoms with Gasteiger partial charge in [-0.2, -0.15) is 5.26 Å². The Morgan fingerprint density at radius 2 is 1.88 bits per heavy atom. The minimum atomic E-state index is -0.490. The summed E-state index contributed by atoms with van der Waals surface area (Å²) in [7, 11) is 0. The zero-order valence-corrected chi connectivity index (χ0v) is 14.5. The lowest BCUT2D eigenvalue weighted by molar-refractivity contribution is -0.118. The van der Waals surface area contributed by atoms with E-state index < -0.39 is 4.75 Å². The van der Waals surface area contributed by atoms with Crippen LogP contribution in [0.5, 0.6) is 0 Å². The zero-order valence-electron chi connectivity index (χ0n) is 13.6. The van der Waals surface area contributed by atoms with Gasteiger partial charge in [-0.05, 0) is 57.2 Å². The van der Waals surface area contributed by atoms with Gasteiger partial charge in [0.2, 0.25) is 0 Å². The van der Waals surface area contributed by atoms with Crippen LogP contribution in [0.25, 0.3) is 17.0 Å². The van der Waals surface area contributed by atoms with Crippen molar-refractivity contribution in [2.75, 3.05) is 0 Å². The van der Waals surface area contributed by atoms with Crippen LogP contribution >= 0.6 is 11.8 Å². The summed E-state index contributed by atoms with van der Waals surface area (Å²) < 4.78 is 1.41. The Morgan fingerprint density at radius 3 is 2.50 bits per heavy atom. The average Bonchev–Trinajstić information content (AvgIpc) is 2.97. The van der Waals surface area contributed by atoms with E-state index in [-0.39, 0.29) is 5.78 Å². The molecule has 0 amide bonds. The van der Waals surface area contributed by atoms with Gasteiger partial charge in [0.1, 0.15) is 5.78 Å². The quantitative estimate of drug-likeness (QED) is 0.679. The number of carbonyl (C=O) groups excluding carboxylic acids is 1. The van der Waals surface area contributed by atoms with Crippen LogP contribution < -0.4 is 0 Å². The molecule has 0 aliphatic rings. The van der Waals surface area contributed by atoms with Gasteiger partial charge in [-0.25, -0.2) is 0 Å². The number of pyridine rings is 1. The highest BCUT2D eigenvalue weighted by molar-refractivity contribution is 8.01. The molecule has 24 heavy (non-hydrogen) atoms. The molecular weight excluding hydrogens is 320 g/mol. The Bertz CT molecular complexity index is 951. The maximum Gasteiger partial charge on any atom is 0.168 e. The second-order valence-corrected chi connectivity index (χ2v) is 7.67. The molecule has 2 aromatic heterocycles. The number of thioether (sulfide) groups is 1. The Balaban J connectivity index is 2.03. The Hall–Kier alpha value is -2.65. The van der Waals surface area contributed by atoms with Crippen LogP contribution in [0.15, 0.2) is 47.5 Å². The number of nitrogens with zero attached hydrogens (tertiary/aromatic N) is 4. The standard InChI is InChI=1S/C18H16N4OS/c1-12(23)18(2,3)24-15-8-9-16-20-21-17(22(16)11-15)14-6-4-13(10-19)5-7-14/h4-9,11H,1-3H3. The third-order valence-electron chi connectivity index (χ3n) is 3.87. The van der Waals surface area contributed by atoms with Crippen LogP contribution in [0.2, 0.25) is 0 Å². The molecule has 0 fully saturated rings. The van der Waals surface area contributed by atoms with E-state index in [1.165, 1.54) is 11.8 Å². The summed E-state index contributed by atoms with van der Waals surface area (Å²) in [6.07, 6.45) is 1.94. The number of hydrogen-bond acceptors (Lipinski definition) is 5. The third-order valence-corrected chi connectivity index (χ3v) is 5.14. The second-order valence-electron chi connectivity index (χ2n) is 5.97. The lowest BCUT2D eigenvalue weighted by Gasteiger charge is -2.20. The van der Waals surface area contributed by atoms with Gasteiger partial charge in [-0.15, -0.1) is 22.0 Å². The van der Waals surface area contributed by atoms with Gasteiger partial charge in [-0.3, -0.25) is 9.20 Å². The largest absolute Gasteiger partial charge is 0.298 e. The van der Waals surface area contributed by atoms with E-state index in [4.69, 9.17) is 5.26 Å².